The number of rotatable bonds is 7. The van der Waals surface area contributed by atoms with Crippen molar-refractivity contribution in [1.29, 1.82) is 0 Å². The molecule has 4 rings (SSSR count). The number of anilines is 1. The molecular formula is C23H27N3O5S2. The summed E-state index contributed by atoms with van der Waals surface area (Å²) < 4.78 is 29.6. The van der Waals surface area contributed by atoms with Gasteiger partial charge in [-0.3, -0.25) is 4.79 Å². The number of urea groups is 1. The summed E-state index contributed by atoms with van der Waals surface area (Å²) in [5, 5.41) is 17.1. The molecule has 1 atom stereocenters. The molecule has 4 N–H and O–H groups in total. The summed E-state index contributed by atoms with van der Waals surface area (Å²) in [5.41, 5.74) is 0.667. The lowest BCUT2D eigenvalue weighted by Gasteiger charge is -2.18. The molecule has 1 saturated carbocycles. The Morgan fingerprint density at radius 2 is 1.67 bits per heavy atom. The number of carboxylic acid groups (broad SMARTS) is 1. The topological polar surface area (TPSA) is 125 Å². The highest BCUT2D eigenvalue weighted by atomic mass is 32.2. The summed E-state index contributed by atoms with van der Waals surface area (Å²) in [5.74, 6) is -1.62. The van der Waals surface area contributed by atoms with Crippen molar-refractivity contribution in [3.8, 4) is 0 Å². The molecule has 0 unspecified atom stereocenters. The molecule has 176 valence electrons. The molecule has 1 heterocycles. The van der Waals surface area contributed by atoms with E-state index in [0.29, 0.717) is 5.69 Å². The minimum Gasteiger partial charge on any atom is -0.480 e. The van der Waals surface area contributed by atoms with Crippen LogP contribution in [-0.4, -0.2) is 37.6 Å². The van der Waals surface area contributed by atoms with Crippen LogP contribution in [0.15, 0.2) is 41.3 Å². The van der Waals surface area contributed by atoms with Crippen molar-refractivity contribution in [2.45, 2.75) is 56.5 Å². The zero-order valence-electron chi connectivity index (χ0n) is 18.4. The van der Waals surface area contributed by atoms with Gasteiger partial charge in [-0.15, -0.1) is 11.3 Å². The minimum absolute atomic E-state index is 0.0164. The average molecular weight is 490 g/mol. The largest absolute Gasteiger partial charge is 0.480 e. The zero-order valence-corrected chi connectivity index (χ0v) is 20.1. The number of hydrogen-bond donors (Lipinski definition) is 4. The number of carbonyl (C=O) groups is 2. The first kappa shape index (κ1) is 23.5. The number of benzene rings is 2. The summed E-state index contributed by atoms with van der Waals surface area (Å²) in [7, 11) is -4.00. The van der Waals surface area contributed by atoms with Gasteiger partial charge in [0.05, 0.1) is 4.90 Å². The molecule has 0 saturated heterocycles. The third-order valence-electron chi connectivity index (χ3n) is 5.92. The van der Waals surface area contributed by atoms with Gasteiger partial charge < -0.3 is 15.7 Å². The smallest absolute Gasteiger partial charge is 0.322 e. The maximum Gasteiger partial charge on any atom is 0.322 e. The van der Waals surface area contributed by atoms with E-state index in [1.165, 1.54) is 17.4 Å². The molecule has 0 radical (unpaired) electrons. The van der Waals surface area contributed by atoms with E-state index in [9.17, 15) is 23.1 Å². The highest BCUT2D eigenvalue weighted by Crippen LogP contribution is 2.36. The Hall–Kier alpha value is -2.69. The molecule has 0 spiro atoms. The standard InChI is InChI=1S/C23H27N3O5S2/c1-13(2)21(22(27)28)26-33(30,31)16-8-10-18-17-9-7-15(11-19(17)32-20(18)12-16)25-23(29)24-14-5-3-4-6-14/h7-14,21,26H,3-6H2,1-2H3,(H,27,28)(H2,24,25,29)/t21-/m1/s1. The molecule has 8 nitrogen and oxygen atoms in total. The van der Waals surface area contributed by atoms with Crippen LogP contribution in [0.3, 0.4) is 0 Å². The van der Waals surface area contributed by atoms with Crippen molar-refractivity contribution < 1.29 is 23.1 Å². The molecule has 1 aromatic heterocycles. The summed E-state index contributed by atoms with van der Waals surface area (Å²) in [6.45, 7) is 3.30. The zero-order chi connectivity index (χ0) is 23.8. The first-order valence-electron chi connectivity index (χ1n) is 10.9. The molecule has 1 aliphatic carbocycles. The number of carboxylic acids is 1. The quantitative estimate of drug-likeness (QED) is 0.389. The Labute approximate surface area is 196 Å². The van der Waals surface area contributed by atoms with Crippen molar-refractivity contribution in [2.75, 3.05) is 5.32 Å². The SMILES string of the molecule is CC(C)[C@@H](NS(=O)(=O)c1ccc2c(c1)sc1cc(NC(=O)NC3CCCC3)ccc12)C(=O)O. The van der Waals surface area contributed by atoms with Gasteiger partial charge in [-0.2, -0.15) is 4.72 Å². The minimum atomic E-state index is -4.00. The van der Waals surface area contributed by atoms with Crippen LogP contribution >= 0.6 is 11.3 Å². The Balaban J connectivity index is 1.58. The molecule has 10 heteroatoms. The number of aliphatic carboxylic acids is 1. The van der Waals surface area contributed by atoms with Gasteiger partial charge in [-0.05, 0) is 43.0 Å². The monoisotopic (exact) mass is 489 g/mol. The van der Waals surface area contributed by atoms with Crippen LogP contribution in [0.2, 0.25) is 0 Å². The summed E-state index contributed by atoms with van der Waals surface area (Å²) in [4.78, 5) is 23.7. The number of carbonyl (C=O) groups excluding carboxylic acids is 1. The maximum absolute atomic E-state index is 12.8. The molecule has 2 aromatic carbocycles. The van der Waals surface area contributed by atoms with E-state index in [1.807, 2.05) is 18.2 Å². The fraction of sp³-hybridized carbons (Fsp3) is 0.391. The molecule has 2 amide bonds. The van der Waals surface area contributed by atoms with Crippen LogP contribution in [0.1, 0.15) is 39.5 Å². The van der Waals surface area contributed by atoms with E-state index >= 15 is 0 Å². The average Bonchev–Trinajstić information content (AvgIpc) is 3.37. The Kier molecular flexibility index (Phi) is 6.60. The predicted molar refractivity (Wildman–Crippen MR) is 130 cm³/mol. The Morgan fingerprint density at radius 3 is 2.30 bits per heavy atom. The Morgan fingerprint density at radius 1 is 1.03 bits per heavy atom. The summed E-state index contributed by atoms with van der Waals surface area (Å²) in [6.07, 6.45) is 4.29. The van der Waals surface area contributed by atoms with Crippen molar-refractivity contribution in [2.24, 2.45) is 5.92 Å². The molecule has 0 bridgehead atoms. The lowest BCUT2D eigenvalue weighted by Crippen LogP contribution is -2.44. The maximum atomic E-state index is 12.8. The fourth-order valence-corrected chi connectivity index (χ4v) is 6.75. The number of hydrogen-bond acceptors (Lipinski definition) is 5. The van der Waals surface area contributed by atoms with Gasteiger partial charge in [-0.25, -0.2) is 13.2 Å². The fourth-order valence-electron chi connectivity index (χ4n) is 4.13. The van der Waals surface area contributed by atoms with E-state index < -0.39 is 28.0 Å². The van der Waals surface area contributed by atoms with Crippen molar-refractivity contribution in [1.82, 2.24) is 10.0 Å². The number of nitrogens with one attached hydrogen (secondary N) is 3. The second-order valence-corrected chi connectivity index (χ2v) is 11.5. The lowest BCUT2D eigenvalue weighted by molar-refractivity contribution is -0.140. The van der Waals surface area contributed by atoms with Gasteiger partial charge in [0.25, 0.3) is 0 Å². The molecule has 33 heavy (non-hydrogen) atoms. The first-order chi connectivity index (χ1) is 15.6. The third kappa shape index (κ3) is 5.13. The third-order valence-corrected chi connectivity index (χ3v) is 8.47. The van der Waals surface area contributed by atoms with E-state index in [4.69, 9.17) is 0 Å². The second-order valence-electron chi connectivity index (χ2n) is 8.73. The highest BCUT2D eigenvalue weighted by Gasteiger charge is 2.28. The normalized spacial score (nSPS) is 15.8. The van der Waals surface area contributed by atoms with Gasteiger partial charge in [-0.1, -0.05) is 38.8 Å². The number of amides is 2. The van der Waals surface area contributed by atoms with Gasteiger partial charge in [0.2, 0.25) is 10.0 Å². The Bertz CT molecular complexity index is 1310. The van der Waals surface area contributed by atoms with Crippen LogP contribution in [0.5, 0.6) is 0 Å². The van der Waals surface area contributed by atoms with E-state index in [-0.39, 0.29) is 17.0 Å². The highest BCUT2D eigenvalue weighted by molar-refractivity contribution is 7.89. The van der Waals surface area contributed by atoms with Crippen molar-refractivity contribution in [3.63, 3.8) is 0 Å². The second kappa shape index (κ2) is 9.28. The van der Waals surface area contributed by atoms with E-state index in [1.54, 1.807) is 26.0 Å². The predicted octanol–water partition coefficient (Wildman–Crippen LogP) is 4.51. The van der Waals surface area contributed by atoms with E-state index in [0.717, 1.165) is 45.9 Å². The van der Waals surface area contributed by atoms with Crippen LogP contribution in [0.25, 0.3) is 20.2 Å². The van der Waals surface area contributed by atoms with Gasteiger partial charge in [0.15, 0.2) is 0 Å². The van der Waals surface area contributed by atoms with E-state index in [2.05, 4.69) is 15.4 Å². The van der Waals surface area contributed by atoms with Gasteiger partial charge >= 0.3 is 12.0 Å². The van der Waals surface area contributed by atoms with Crippen LogP contribution in [0, 0.1) is 5.92 Å². The van der Waals surface area contributed by atoms with Crippen molar-refractivity contribution >= 4 is 59.2 Å². The summed E-state index contributed by atoms with van der Waals surface area (Å²) in [6, 6.07) is 9.17. The number of thiophene rings is 1. The van der Waals surface area contributed by atoms with Crippen LogP contribution < -0.4 is 15.4 Å². The molecule has 1 aliphatic rings. The lowest BCUT2D eigenvalue weighted by atomic mass is 10.1. The molecule has 0 aliphatic heterocycles. The first-order valence-corrected chi connectivity index (χ1v) is 13.2. The number of fused-ring (bicyclic) bond motifs is 3. The molecular weight excluding hydrogens is 462 g/mol. The number of sulfonamides is 1. The summed E-state index contributed by atoms with van der Waals surface area (Å²) >= 11 is 1.42. The molecule has 1 fully saturated rings. The van der Waals surface area contributed by atoms with Gasteiger partial charge in [0, 0.05) is 31.9 Å². The van der Waals surface area contributed by atoms with Gasteiger partial charge in [0.1, 0.15) is 6.04 Å². The van der Waals surface area contributed by atoms with Crippen molar-refractivity contribution in [3.05, 3.63) is 36.4 Å². The van der Waals surface area contributed by atoms with Crippen LogP contribution in [-0.2, 0) is 14.8 Å². The molecule has 3 aromatic rings. The van der Waals surface area contributed by atoms with Crippen LogP contribution in [0.4, 0.5) is 10.5 Å².